The minimum atomic E-state index is -3.50. The fourth-order valence-corrected chi connectivity index (χ4v) is 4.61. The Bertz CT molecular complexity index is 1050. The number of aryl methyl sites for hydroxylation is 1. The summed E-state index contributed by atoms with van der Waals surface area (Å²) in [6.07, 6.45) is 1.59. The fraction of sp³-hybridized carbons (Fsp3) is 0.318. The van der Waals surface area contributed by atoms with E-state index in [9.17, 15) is 13.2 Å². The van der Waals surface area contributed by atoms with Crippen LogP contribution in [0.4, 0.5) is 5.69 Å². The molecule has 2 aromatic carbocycles. The Morgan fingerprint density at radius 2 is 1.84 bits per heavy atom. The van der Waals surface area contributed by atoms with Gasteiger partial charge in [0.2, 0.25) is 15.9 Å². The van der Waals surface area contributed by atoms with Gasteiger partial charge in [0.05, 0.1) is 19.3 Å². The number of rotatable bonds is 7. The summed E-state index contributed by atoms with van der Waals surface area (Å²) in [6, 6.07) is 12.7. The molecule has 1 heterocycles. The van der Waals surface area contributed by atoms with E-state index in [-0.39, 0.29) is 12.5 Å². The molecule has 1 aliphatic rings. The van der Waals surface area contributed by atoms with E-state index in [1.165, 1.54) is 16.8 Å². The van der Waals surface area contributed by atoms with Crippen LogP contribution < -0.4 is 10.1 Å². The molecule has 1 saturated heterocycles. The molecular weight excluding hydrogens is 438 g/mol. The predicted octanol–water partition coefficient (Wildman–Crippen LogP) is 3.21. The molecular formula is C22H26ClN3O4S. The molecule has 0 aromatic heterocycles. The minimum absolute atomic E-state index is 0.165. The molecule has 1 fully saturated rings. The van der Waals surface area contributed by atoms with Gasteiger partial charge in [-0.25, -0.2) is 8.42 Å². The zero-order chi connectivity index (χ0) is 22.4. The molecule has 0 saturated carbocycles. The van der Waals surface area contributed by atoms with Gasteiger partial charge in [0, 0.05) is 42.7 Å². The molecule has 0 aliphatic carbocycles. The number of hydrogen-bond donors (Lipinski definition) is 1. The SMILES string of the molecule is COc1cc(Cl)c(C)cc1NC(=O)CN1CCN(S(=O)(=O)C=Cc2ccccc2)CC1. The highest BCUT2D eigenvalue weighted by molar-refractivity contribution is 7.92. The predicted molar refractivity (Wildman–Crippen MR) is 124 cm³/mol. The van der Waals surface area contributed by atoms with E-state index >= 15 is 0 Å². The number of benzene rings is 2. The number of halogens is 1. The summed E-state index contributed by atoms with van der Waals surface area (Å²) in [7, 11) is -1.99. The van der Waals surface area contributed by atoms with E-state index in [0.717, 1.165) is 11.1 Å². The van der Waals surface area contributed by atoms with Crippen LogP contribution in [0.15, 0.2) is 47.9 Å². The Hall–Kier alpha value is -2.39. The third kappa shape index (κ3) is 6.30. The lowest BCUT2D eigenvalue weighted by molar-refractivity contribution is -0.117. The van der Waals surface area contributed by atoms with E-state index in [1.807, 2.05) is 42.2 Å². The summed E-state index contributed by atoms with van der Waals surface area (Å²) in [5.74, 6) is 0.297. The van der Waals surface area contributed by atoms with Crippen LogP contribution in [0, 0.1) is 6.92 Å². The van der Waals surface area contributed by atoms with Crippen molar-refractivity contribution in [1.29, 1.82) is 0 Å². The number of sulfonamides is 1. The fourth-order valence-electron chi connectivity index (χ4n) is 3.28. The van der Waals surface area contributed by atoms with Crippen LogP contribution in [0.2, 0.25) is 5.02 Å². The van der Waals surface area contributed by atoms with Gasteiger partial charge >= 0.3 is 0 Å². The van der Waals surface area contributed by atoms with Crippen molar-refractivity contribution in [3.63, 3.8) is 0 Å². The quantitative estimate of drug-likeness (QED) is 0.682. The lowest BCUT2D eigenvalue weighted by Crippen LogP contribution is -2.49. The number of nitrogens with one attached hydrogen (secondary N) is 1. The number of carbonyl (C=O) groups excluding carboxylic acids is 1. The van der Waals surface area contributed by atoms with E-state index in [2.05, 4.69) is 5.32 Å². The standard InChI is InChI=1S/C22H26ClN3O4S/c1-17-14-20(21(30-2)15-19(17)23)24-22(27)16-25-9-11-26(12-10-25)31(28,29)13-8-18-6-4-3-5-7-18/h3-8,13-15H,9-12,16H2,1-2H3,(H,24,27). The summed E-state index contributed by atoms with van der Waals surface area (Å²) >= 11 is 6.10. The monoisotopic (exact) mass is 463 g/mol. The highest BCUT2D eigenvalue weighted by Gasteiger charge is 2.26. The molecule has 0 radical (unpaired) electrons. The van der Waals surface area contributed by atoms with Crippen LogP contribution in [0.1, 0.15) is 11.1 Å². The first-order chi connectivity index (χ1) is 14.8. The molecule has 166 valence electrons. The van der Waals surface area contributed by atoms with Gasteiger partial charge in [0.1, 0.15) is 5.75 Å². The average molecular weight is 464 g/mol. The van der Waals surface area contributed by atoms with Crippen LogP contribution >= 0.6 is 11.6 Å². The lowest BCUT2D eigenvalue weighted by Gasteiger charge is -2.32. The number of piperazine rings is 1. The molecule has 0 atom stereocenters. The van der Waals surface area contributed by atoms with Crippen LogP contribution in [0.25, 0.3) is 6.08 Å². The third-order valence-electron chi connectivity index (χ3n) is 5.05. The maximum atomic E-state index is 12.6. The maximum absolute atomic E-state index is 12.6. The molecule has 1 N–H and O–H groups in total. The van der Waals surface area contributed by atoms with Gasteiger partial charge in [-0.05, 0) is 30.2 Å². The largest absolute Gasteiger partial charge is 0.495 e. The number of nitrogens with zero attached hydrogens (tertiary/aromatic N) is 2. The maximum Gasteiger partial charge on any atom is 0.238 e. The van der Waals surface area contributed by atoms with Crippen molar-refractivity contribution in [3.05, 3.63) is 64.0 Å². The first kappa shape index (κ1) is 23.3. The Kier molecular flexibility index (Phi) is 7.72. The van der Waals surface area contributed by atoms with Crippen molar-refractivity contribution < 1.29 is 17.9 Å². The van der Waals surface area contributed by atoms with Crippen molar-refractivity contribution in [2.75, 3.05) is 45.2 Å². The van der Waals surface area contributed by atoms with Crippen molar-refractivity contribution in [3.8, 4) is 5.75 Å². The Balaban J connectivity index is 1.53. The zero-order valence-electron chi connectivity index (χ0n) is 17.5. The number of carbonyl (C=O) groups is 1. The zero-order valence-corrected chi connectivity index (χ0v) is 19.1. The van der Waals surface area contributed by atoms with E-state index in [4.69, 9.17) is 16.3 Å². The van der Waals surface area contributed by atoms with Crippen LogP contribution in [-0.2, 0) is 14.8 Å². The molecule has 2 aromatic rings. The summed E-state index contributed by atoms with van der Waals surface area (Å²) in [5, 5.41) is 4.65. The highest BCUT2D eigenvalue weighted by Crippen LogP contribution is 2.30. The molecule has 3 rings (SSSR count). The molecule has 1 amide bonds. The number of methoxy groups -OCH3 is 1. The first-order valence-electron chi connectivity index (χ1n) is 9.88. The summed E-state index contributed by atoms with van der Waals surface area (Å²) in [5.41, 5.74) is 2.22. The smallest absolute Gasteiger partial charge is 0.238 e. The van der Waals surface area contributed by atoms with Gasteiger partial charge in [-0.1, -0.05) is 41.9 Å². The van der Waals surface area contributed by atoms with Crippen molar-refractivity contribution >= 4 is 39.3 Å². The first-order valence-corrected chi connectivity index (χ1v) is 11.8. The number of anilines is 1. The lowest BCUT2D eigenvalue weighted by atomic mass is 10.2. The van der Waals surface area contributed by atoms with Gasteiger partial charge in [-0.2, -0.15) is 4.31 Å². The summed E-state index contributed by atoms with van der Waals surface area (Å²) < 4.78 is 31.9. The Labute approximate surface area is 188 Å². The minimum Gasteiger partial charge on any atom is -0.495 e. The molecule has 9 heteroatoms. The van der Waals surface area contributed by atoms with E-state index < -0.39 is 10.0 Å². The van der Waals surface area contributed by atoms with E-state index in [0.29, 0.717) is 42.6 Å². The summed E-state index contributed by atoms with van der Waals surface area (Å²) in [6.45, 7) is 3.63. The molecule has 7 nitrogen and oxygen atoms in total. The van der Waals surface area contributed by atoms with Crippen molar-refractivity contribution in [2.24, 2.45) is 0 Å². The second-order valence-corrected chi connectivity index (χ2v) is 9.51. The van der Waals surface area contributed by atoms with Gasteiger partial charge in [-0.3, -0.25) is 9.69 Å². The van der Waals surface area contributed by atoms with Gasteiger partial charge in [-0.15, -0.1) is 0 Å². The number of ether oxygens (including phenoxy) is 1. The third-order valence-corrected chi connectivity index (χ3v) is 7.02. The second kappa shape index (κ2) is 10.3. The topological polar surface area (TPSA) is 79.0 Å². The van der Waals surface area contributed by atoms with Crippen LogP contribution in [0.3, 0.4) is 0 Å². The van der Waals surface area contributed by atoms with Crippen LogP contribution in [-0.4, -0.2) is 63.4 Å². The number of hydrogen-bond acceptors (Lipinski definition) is 5. The number of amides is 1. The normalized spacial score (nSPS) is 15.8. The highest BCUT2D eigenvalue weighted by atomic mass is 35.5. The Morgan fingerprint density at radius 1 is 1.16 bits per heavy atom. The van der Waals surface area contributed by atoms with E-state index in [1.54, 1.807) is 18.2 Å². The van der Waals surface area contributed by atoms with Crippen molar-refractivity contribution in [2.45, 2.75) is 6.92 Å². The van der Waals surface area contributed by atoms with Gasteiger partial charge in [0.25, 0.3) is 0 Å². The Morgan fingerprint density at radius 3 is 2.48 bits per heavy atom. The van der Waals surface area contributed by atoms with Gasteiger partial charge < -0.3 is 10.1 Å². The molecule has 0 unspecified atom stereocenters. The molecule has 1 aliphatic heterocycles. The average Bonchev–Trinajstić information content (AvgIpc) is 2.76. The second-order valence-electron chi connectivity index (χ2n) is 7.28. The molecule has 31 heavy (non-hydrogen) atoms. The van der Waals surface area contributed by atoms with Crippen molar-refractivity contribution in [1.82, 2.24) is 9.21 Å². The van der Waals surface area contributed by atoms with Gasteiger partial charge in [0.15, 0.2) is 0 Å². The summed E-state index contributed by atoms with van der Waals surface area (Å²) in [4.78, 5) is 14.4. The molecule has 0 spiro atoms. The van der Waals surface area contributed by atoms with Crippen LogP contribution in [0.5, 0.6) is 5.75 Å². The molecule has 0 bridgehead atoms.